The average molecular weight is 848 g/mol. The number of hydrogen-bond acceptors (Lipinski definition) is 0. The highest BCUT2D eigenvalue weighted by Gasteiger charge is 2.25. The van der Waals surface area contributed by atoms with Crippen LogP contribution in [0.15, 0.2) is 249 Å². The van der Waals surface area contributed by atoms with Gasteiger partial charge in [0.1, 0.15) is 0 Å². The Bertz CT molecular complexity index is 4110. The lowest BCUT2D eigenvalue weighted by molar-refractivity contribution is 1.18. The predicted octanol–water partition coefficient (Wildman–Crippen LogP) is 18.2. The second kappa shape index (κ2) is 14.9. The van der Waals surface area contributed by atoms with Crippen LogP contribution in [0.4, 0.5) is 0 Å². The van der Waals surface area contributed by atoms with Crippen molar-refractivity contribution in [2.24, 2.45) is 0 Å². The van der Waals surface area contributed by atoms with E-state index in [4.69, 9.17) is 0 Å². The lowest BCUT2D eigenvalue weighted by Crippen LogP contribution is -1.99. The van der Waals surface area contributed by atoms with Crippen LogP contribution >= 0.6 is 0 Å². The molecule has 310 valence electrons. The zero-order valence-electron chi connectivity index (χ0n) is 36.6. The lowest BCUT2D eigenvalue weighted by atomic mass is 9.78. The second-order valence-corrected chi connectivity index (χ2v) is 17.9. The Morgan fingerprint density at radius 1 is 0.194 bits per heavy atom. The Kier molecular flexibility index (Phi) is 8.35. The number of hydrogen-bond donors (Lipinski definition) is 0. The fourth-order valence-electron chi connectivity index (χ4n) is 11.4. The first-order valence-electron chi connectivity index (χ1n) is 23.2. The second-order valence-electron chi connectivity index (χ2n) is 17.9. The van der Waals surface area contributed by atoms with Crippen LogP contribution in [-0.4, -0.2) is 4.57 Å². The summed E-state index contributed by atoms with van der Waals surface area (Å²) in [6, 6.07) is 92.5. The van der Waals surface area contributed by atoms with E-state index in [1.807, 2.05) is 0 Å². The quantitative estimate of drug-likeness (QED) is 0.156. The zero-order chi connectivity index (χ0) is 44.0. The largest absolute Gasteiger partial charge is 0.309 e. The molecule has 1 aliphatic rings. The van der Waals surface area contributed by atoms with Crippen LogP contribution in [0.3, 0.4) is 0 Å². The van der Waals surface area contributed by atoms with E-state index in [9.17, 15) is 0 Å². The lowest BCUT2D eigenvalue weighted by Gasteiger charge is -2.25. The molecule has 0 atom stereocenters. The third-order valence-electron chi connectivity index (χ3n) is 14.3. The van der Waals surface area contributed by atoms with Crippen molar-refractivity contribution in [2.45, 2.75) is 0 Å². The van der Waals surface area contributed by atoms with Crippen LogP contribution in [0, 0.1) is 0 Å². The number of benzene rings is 12. The van der Waals surface area contributed by atoms with E-state index in [0.717, 1.165) is 5.69 Å². The molecule has 0 radical (unpaired) electrons. The number of fused-ring (bicyclic) bond motifs is 17. The van der Waals surface area contributed by atoms with Gasteiger partial charge >= 0.3 is 0 Å². The number of para-hydroxylation sites is 2. The minimum Gasteiger partial charge on any atom is -0.309 e. The van der Waals surface area contributed by atoms with Gasteiger partial charge in [-0.2, -0.15) is 0 Å². The first-order chi connectivity index (χ1) is 33.2. The number of aromatic nitrogens is 1. The topological polar surface area (TPSA) is 4.93 Å². The monoisotopic (exact) mass is 847 g/mol. The standard InChI is InChI=1S/C66H41N/c1-2-17-47(18-3-1)67-64-32-15-14-28-59(64)63-41-43(34-36-65(63)67)45-37-44(42-33-35-58-54-24-7-5-20-50(54)53-23-9-11-27-57(53)62(58)40-42)38-46(39-45)48-30-16-31-61-56-25-10-8-22-52(56)49-19-4-6-21-51(49)55-26-12-13-29-60(55)66(48)61/h1-41H. The van der Waals surface area contributed by atoms with E-state index in [-0.39, 0.29) is 0 Å². The summed E-state index contributed by atoms with van der Waals surface area (Å²) in [6.45, 7) is 0. The molecule has 0 aliphatic heterocycles. The third kappa shape index (κ3) is 5.81. The summed E-state index contributed by atoms with van der Waals surface area (Å²) in [5, 5.41) is 10.1. The van der Waals surface area contributed by atoms with Crippen LogP contribution in [0.25, 0.3) is 138 Å². The molecule has 1 heteroatoms. The minimum absolute atomic E-state index is 1.16. The van der Waals surface area contributed by atoms with Gasteiger partial charge in [0.2, 0.25) is 0 Å². The smallest absolute Gasteiger partial charge is 0.0541 e. The highest BCUT2D eigenvalue weighted by atomic mass is 15.0. The van der Waals surface area contributed by atoms with Gasteiger partial charge in [-0.25, -0.2) is 0 Å². The van der Waals surface area contributed by atoms with E-state index in [2.05, 4.69) is 253 Å². The van der Waals surface area contributed by atoms with E-state index < -0.39 is 0 Å². The SMILES string of the molecule is c1ccc(-n2c3ccccc3c3cc(-c4cc(-c5ccc6c7ccccc7c7ccccc7c6c5)cc(-c5cccc6c5-c5ccccc5-c5ccccc5-c5ccccc5-6)c4)ccc32)cc1. The fourth-order valence-corrected chi connectivity index (χ4v) is 11.4. The summed E-state index contributed by atoms with van der Waals surface area (Å²) in [5.74, 6) is 0. The molecule has 67 heavy (non-hydrogen) atoms. The molecule has 0 saturated carbocycles. The third-order valence-corrected chi connectivity index (χ3v) is 14.3. The molecule has 1 aliphatic carbocycles. The van der Waals surface area contributed by atoms with Gasteiger partial charge in [-0.05, 0) is 165 Å². The molecule has 0 bridgehead atoms. The predicted molar refractivity (Wildman–Crippen MR) is 285 cm³/mol. The maximum absolute atomic E-state index is 2.44. The first kappa shape index (κ1) is 37.6. The Morgan fingerprint density at radius 3 is 1.22 bits per heavy atom. The molecule has 0 N–H and O–H groups in total. The molecule has 1 aromatic heterocycles. The highest BCUT2D eigenvalue weighted by molar-refractivity contribution is 6.26. The van der Waals surface area contributed by atoms with Gasteiger partial charge in [-0.15, -0.1) is 0 Å². The Balaban J connectivity index is 1.05. The Morgan fingerprint density at radius 2 is 0.597 bits per heavy atom. The molecule has 14 rings (SSSR count). The van der Waals surface area contributed by atoms with Crippen molar-refractivity contribution in [2.75, 3.05) is 0 Å². The fraction of sp³-hybridized carbons (Fsp3) is 0. The normalized spacial score (nSPS) is 11.9. The molecular formula is C66H41N. The molecule has 1 nitrogen and oxygen atoms in total. The molecular weight excluding hydrogens is 807 g/mol. The summed E-state index contributed by atoms with van der Waals surface area (Å²) < 4.78 is 2.40. The van der Waals surface area contributed by atoms with Gasteiger partial charge in [0.15, 0.2) is 0 Å². The van der Waals surface area contributed by atoms with Gasteiger partial charge in [-0.3, -0.25) is 0 Å². The van der Waals surface area contributed by atoms with Crippen molar-refractivity contribution in [3.63, 3.8) is 0 Å². The summed E-state index contributed by atoms with van der Waals surface area (Å²) in [5.41, 5.74) is 20.6. The van der Waals surface area contributed by atoms with E-state index in [1.54, 1.807) is 0 Å². The first-order valence-corrected chi connectivity index (χ1v) is 23.2. The van der Waals surface area contributed by atoms with Crippen LogP contribution in [0.1, 0.15) is 0 Å². The van der Waals surface area contributed by atoms with Gasteiger partial charge in [0, 0.05) is 16.5 Å². The van der Waals surface area contributed by atoms with Crippen LogP contribution in [0.2, 0.25) is 0 Å². The number of nitrogens with zero attached hydrogens (tertiary/aromatic N) is 1. The molecule has 0 saturated heterocycles. The molecule has 13 aromatic rings. The van der Waals surface area contributed by atoms with Gasteiger partial charge in [0.25, 0.3) is 0 Å². The summed E-state index contributed by atoms with van der Waals surface area (Å²) in [7, 11) is 0. The van der Waals surface area contributed by atoms with Crippen molar-refractivity contribution < 1.29 is 0 Å². The van der Waals surface area contributed by atoms with Gasteiger partial charge in [0.05, 0.1) is 11.0 Å². The Labute approximate surface area is 389 Å². The molecule has 0 amide bonds. The molecule has 0 fully saturated rings. The van der Waals surface area contributed by atoms with E-state index >= 15 is 0 Å². The number of rotatable bonds is 4. The highest BCUT2D eigenvalue weighted by Crippen LogP contribution is 2.51. The van der Waals surface area contributed by atoms with Crippen molar-refractivity contribution >= 4 is 54.1 Å². The Hall–Kier alpha value is -8.78. The molecule has 1 heterocycles. The summed E-state index contributed by atoms with van der Waals surface area (Å²) in [4.78, 5) is 0. The van der Waals surface area contributed by atoms with Gasteiger partial charge < -0.3 is 4.57 Å². The van der Waals surface area contributed by atoms with Gasteiger partial charge in [-0.1, -0.05) is 194 Å². The molecule has 0 unspecified atom stereocenters. The van der Waals surface area contributed by atoms with E-state index in [0.29, 0.717) is 0 Å². The maximum Gasteiger partial charge on any atom is 0.0541 e. The average Bonchev–Trinajstić information content (AvgIpc) is 3.74. The van der Waals surface area contributed by atoms with Crippen LogP contribution in [0.5, 0.6) is 0 Å². The van der Waals surface area contributed by atoms with Crippen molar-refractivity contribution in [1.29, 1.82) is 0 Å². The zero-order valence-corrected chi connectivity index (χ0v) is 36.6. The van der Waals surface area contributed by atoms with E-state index in [1.165, 1.54) is 132 Å². The maximum atomic E-state index is 2.44. The molecule has 0 spiro atoms. The summed E-state index contributed by atoms with van der Waals surface area (Å²) in [6.07, 6.45) is 0. The van der Waals surface area contributed by atoms with Crippen LogP contribution < -0.4 is 0 Å². The van der Waals surface area contributed by atoms with Crippen molar-refractivity contribution in [3.8, 4) is 83.6 Å². The summed E-state index contributed by atoms with van der Waals surface area (Å²) >= 11 is 0. The van der Waals surface area contributed by atoms with Crippen LogP contribution in [-0.2, 0) is 0 Å². The molecule has 12 aromatic carbocycles. The minimum atomic E-state index is 1.16. The van der Waals surface area contributed by atoms with Crippen molar-refractivity contribution in [3.05, 3.63) is 249 Å². The van der Waals surface area contributed by atoms with Crippen molar-refractivity contribution in [1.82, 2.24) is 4.57 Å².